The molecular weight excluding hydrogens is 215 g/mol. The van der Waals surface area contributed by atoms with Crippen LogP contribution in [-0.4, -0.2) is 18.2 Å². The molecule has 0 bridgehead atoms. The fourth-order valence-electron chi connectivity index (χ4n) is 1.27. The molecule has 1 atom stereocenters. The maximum Gasteiger partial charge on any atom is 0.307 e. The summed E-state index contributed by atoms with van der Waals surface area (Å²) in [6, 6.07) is 1.59. The molecule has 1 aromatic carbocycles. The van der Waals surface area contributed by atoms with Crippen LogP contribution in [0.4, 0.5) is 10.1 Å². The first-order valence-electron chi connectivity index (χ1n) is 4.56. The molecule has 1 aromatic rings. The number of methoxy groups -OCH3 is 1. The second-order valence-electron chi connectivity index (χ2n) is 3.29. The van der Waals surface area contributed by atoms with Crippen LogP contribution in [-0.2, 0) is 9.53 Å². The summed E-state index contributed by atoms with van der Waals surface area (Å²) in [7, 11) is 1.23. The van der Waals surface area contributed by atoms with Gasteiger partial charge in [-0.3, -0.25) is 4.79 Å². The number of phenols is 1. The highest BCUT2D eigenvalue weighted by molar-refractivity contribution is 5.71. The van der Waals surface area contributed by atoms with E-state index in [0.29, 0.717) is 0 Å². The summed E-state index contributed by atoms with van der Waals surface area (Å²) in [4.78, 5) is 11.0. The van der Waals surface area contributed by atoms with Gasteiger partial charge in [0.15, 0.2) is 0 Å². The van der Waals surface area contributed by atoms with E-state index in [-0.39, 0.29) is 17.7 Å². The van der Waals surface area contributed by atoms with Crippen molar-refractivity contribution < 1.29 is 19.0 Å². The summed E-state index contributed by atoms with van der Waals surface area (Å²) >= 11 is 0. The Hall–Kier alpha value is -1.82. The molecule has 16 heavy (non-hydrogen) atoms. The molecule has 0 saturated heterocycles. The number of benzene rings is 1. The summed E-state index contributed by atoms with van der Waals surface area (Å²) < 4.78 is 17.4. The van der Waals surface area contributed by atoms with E-state index in [4.69, 9.17) is 11.5 Å². The van der Waals surface area contributed by atoms with Gasteiger partial charge < -0.3 is 21.3 Å². The normalized spacial score (nSPS) is 12.2. The molecule has 0 radical (unpaired) electrons. The van der Waals surface area contributed by atoms with Crippen LogP contribution < -0.4 is 11.5 Å². The van der Waals surface area contributed by atoms with E-state index in [9.17, 15) is 14.3 Å². The molecule has 5 nitrogen and oxygen atoms in total. The van der Waals surface area contributed by atoms with Crippen molar-refractivity contribution in [2.24, 2.45) is 5.73 Å². The maximum absolute atomic E-state index is 12.9. The molecule has 0 aliphatic rings. The minimum absolute atomic E-state index is 0.116. The van der Waals surface area contributed by atoms with Crippen molar-refractivity contribution in [3.05, 3.63) is 23.5 Å². The lowest BCUT2D eigenvalue weighted by atomic mass is 10.0. The predicted molar refractivity (Wildman–Crippen MR) is 56.0 cm³/mol. The van der Waals surface area contributed by atoms with Crippen molar-refractivity contribution in [1.82, 2.24) is 0 Å². The first kappa shape index (κ1) is 12.3. The summed E-state index contributed by atoms with van der Waals surface area (Å²) in [5.74, 6) is -1.68. The second-order valence-corrected chi connectivity index (χ2v) is 3.29. The Labute approximate surface area is 91.8 Å². The highest BCUT2D eigenvalue weighted by Crippen LogP contribution is 2.32. The third kappa shape index (κ3) is 2.40. The number of aromatic hydroxyl groups is 1. The van der Waals surface area contributed by atoms with Gasteiger partial charge in [0.2, 0.25) is 0 Å². The zero-order chi connectivity index (χ0) is 12.3. The zero-order valence-electron chi connectivity index (χ0n) is 8.74. The highest BCUT2D eigenvalue weighted by Gasteiger charge is 2.18. The van der Waals surface area contributed by atoms with Crippen LogP contribution >= 0.6 is 0 Å². The smallest absolute Gasteiger partial charge is 0.307 e. The topological polar surface area (TPSA) is 98.6 Å². The number of carbonyl (C=O) groups excluding carboxylic acids is 1. The molecule has 0 saturated carbocycles. The molecule has 0 spiro atoms. The summed E-state index contributed by atoms with van der Waals surface area (Å²) in [5, 5.41) is 9.54. The molecule has 0 heterocycles. The molecule has 1 rings (SSSR count). The van der Waals surface area contributed by atoms with E-state index >= 15 is 0 Å². The summed E-state index contributed by atoms with van der Waals surface area (Å²) in [6.45, 7) is 0. The summed E-state index contributed by atoms with van der Waals surface area (Å²) in [6.07, 6.45) is -0.116. The molecule has 88 valence electrons. The Morgan fingerprint density at radius 1 is 1.62 bits per heavy atom. The van der Waals surface area contributed by atoms with Crippen LogP contribution in [0.1, 0.15) is 18.0 Å². The molecule has 0 unspecified atom stereocenters. The number of rotatable bonds is 3. The number of phenolic OH excluding ortho intramolecular Hbond substituents is 1. The second kappa shape index (κ2) is 4.80. The minimum Gasteiger partial charge on any atom is -0.505 e. The zero-order valence-corrected chi connectivity index (χ0v) is 8.74. The van der Waals surface area contributed by atoms with Crippen LogP contribution in [0.3, 0.4) is 0 Å². The van der Waals surface area contributed by atoms with Gasteiger partial charge in [-0.2, -0.15) is 0 Å². The molecule has 0 fully saturated rings. The Kier molecular flexibility index (Phi) is 3.68. The lowest BCUT2D eigenvalue weighted by Crippen LogP contribution is -2.17. The van der Waals surface area contributed by atoms with Crippen LogP contribution in [0.25, 0.3) is 0 Å². The Morgan fingerprint density at radius 2 is 2.25 bits per heavy atom. The third-order valence-electron chi connectivity index (χ3n) is 2.21. The lowest BCUT2D eigenvalue weighted by Gasteiger charge is -2.13. The molecule has 0 amide bonds. The number of nitrogen functional groups attached to an aromatic ring is 1. The van der Waals surface area contributed by atoms with Crippen molar-refractivity contribution in [1.29, 1.82) is 0 Å². The fourth-order valence-corrected chi connectivity index (χ4v) is 1.27. The molecule has 0 aliphatic heterocycles. The van der Waals surface area contributed by atoms with Crippen molar-refractivity contribution in [2.75, 3.05) is 12.8 Å². The average Bonchev–Trinajstić information content (AvgIpc) is 2.25. The van der Waals surface area contributed by atoms with Crippen LogP contribution in [0.15, 0.2) is 12.1 Å². The monoisotopic (exact) mass is 228 g/mol. The van der Waals surface area contributed by atoms with E-state index < -0.39 is 23.6 Å². The number of nitrogens with two attached hydrogens (primary N) is 2. The SMILES string of the molecule is COC(=O)C[C@@H](N)c1ccc(F)c(N)c1O. The van der Waals surface area contributed by atoms with Crippen molar-refractivity contribution in [3.63, 3.8) is 0 Å². The van der Waals surface area contributed by atoms with Crippen molar-refractivity contribution in [3.8, 4) is 5.75 Å². The highest BCUT2D eigenvalue weighted by atomic mass is 19.1. The standard InChI is InChI=1S/C10H13FN2O3/c1-16-8(14)4-7(12)5-2-3-6(11)9(13)10(5)15/h2-3,7,15H,4,12-13H2,1H3/t7-/m1/s1. The Bertz CT molecular complexity index is 409. The number of hydrogen-bond acceptors (Lipinski definition) is 5. The van der Waals surface area contributed by atoms with E-state index in [1.165, 1.54) is 13.2 Å². The molecule has 5 N–H and O–H groups in total. The number of ether oxygens (including phenoxy) is 1. The molecule has 0 aromatic heterocycles. The van der Waals surface area contributed by atoms with Gasteiger partial charge in [0.05, 0.1) is 13.5 Å². The third-order valence-corrected chi connectivity index (χ3v) is 2.21. The van der Waals surface area contributed by atoms with Crippen LogP contribution in [0, 0.1) is 5.82 Å². The van der Waals surface area contributed by atoms with Gasteiger partial charge in [-0.1, -0.05) is 6.07 Å². The van der Waals surface area contributed by atoms with E-state index in [1.807, 2.05) is 0 Å². The number of anilines is 1. The predicted octanol–water partition coefficient (Wildman–Crippen LogP) is 0.676. The maximum atomic E-state index is 12.9. The first-order chi connectivity index (χ1) is 7.47. The minimum atomic E-state index is -0.782. The van der Waals surface area contributed by atoms with Gasteiger partial charge in [-0.15, -0.1) is 0 Å². The van der Waals surface area contributed by atoms with Gasteiger partial charge in [0, 0.05) is 11.6 Å². The van der Waals surface area contributed by atoms with Gasteiger partial charge in [0.25, 0.3) is 0 Å². The Morgan fingerprint density at radius 3 is 2.81 bits per heavy atom. The molecular formula is C10H13FN2O3. The molecule has 0 aliphatic carbocycles. The summed E-state index contributed by atoms with van der Waals surface area (Å²) in [5.41, 5.74) is 10.8. The lowest BCUT2D eigenvalue weighted by molar-refractivity contribution is -0.141. The number of halogens is 1. The van der Waals surface area contributed by atoms with Crippen molar-refractivity contribution in [2.45, 2.75) is 12.5 Å². The van der Waals surface area contributed by atoms with Gasteiger partial charge in [-0.05, 0) is 6.07 Å². The average molecular weight is 228 g/mol. The van der Waals surface area contributed by atoms with Gasteiger partial charge in [-0.25, -0.2) is 4.39 Å². The van der Waals surface area contributed by atoms with E-state index in [0.717, 1.165) is 6.07 Å². The number of carbonyl (C=O) groups is 1. The fraction of sp³-hybridized carbons (Fsp3) is 0.300. The van der Waals surface area contributed by atoms with Crippen LogP contribution in [0.5, 0.6) is 5.75 Å². The number of hydrogen-bond donors (Lipinski definition) is 3. The van der Waals surface area contributed by atoms with Crippen LogP contribution in [0.2, 0.25) is 0 Å². The van der Waals surface area contributed by atoms with E-state index in [1.54, 1.807) is 0 Å². The van der Waals surface area contributed by atoms with Crippen molar-refractivity contribution >= 4 is 11.7 Å². The largest absolute Gasteiger partial charge is 0.505 e. The van der Waals surface area contributed by atoms with E-state index in [2.05, 4.69) is 4.74 Å². The molecule has 6 heteroatoms. The first-order valence-corrected chi connectivity index (χ1v) is 4.56. The quantitative estimate of drug-likeness (QED) is 0.401. The number of esters is 1. The Balaban J connectivity index is 2.96. The van der Waals surface area contributed by atoms with Gasteiger partial charge in [0.1, 0.15) is 17.3 Å². The van der Waals surface area contributed by atoms with Gasteiger partial charge >= 0.3 is 5.97 Å².